The number of nitrogen functional groups attached to an aromatic ring is 3. The third kappa shape index (κ3) is 1.83. The predicted molar refractivity (Wildman–Crippen MR) is 52.8 cm³/mol. The molecule has 0 atom stereocenters. The van der Waals surface area contributed by atoms with Gasteiger partial charge in [-0.05, 0) is 12.1 Å². The number of hydrogen-bond acceptors (Lipinski definition) is 5. The highest BCUT2D eigenvalue weighted by molar-refractivity contribution is 7.90. The monoisotopic (exact) mass is 201 g/mol. The fraction of sp³-hybridized carbons (Fsp3) is 0.143. The van der Waals surface area contributed by atoms with E-state index in [0.29, 0.717) is 0 Å². The molecule has 0 aromatic heterocycles. The number of sulfone groups is 1. The third-order valence-electron chi connectivity index (χ3n) is 1.65. The Hall–Kier alpha value is -1.43. The van der Waals surface area contributed by atoms with Crippen LogP contribution >= 0.6 is 0 Å². The molecule has 0 unspecified atom stereocenters. The fourth-order valence-electron chi connectivity index (χ4n) is 0.884. The number of anilines is 3. The normalized spacial score (nSPS) is 11.5. The van der Waals surface area contributed by atoms with E-state index in [0.717, 1.165) is 6.26 Å². The van der Waals surface area contributed by atoms with E-state index >= 15 is 0 Å². The molecule has 13 heavy (non-hydrogen) atoms. The van der Waals surface area contributed by atoms with Crippen molar-refractivity contribution in [1.82, 2.24) is 0 Å². The van der Waals surface area contributed by atoms with E-state index in [9.17, 15) is 8.42 Å². The molecule has 0 bridgehead atoms. The van der Waals surface area contributed by atoms with Crippen molar-refractivity contribution >= 4 is 26.9 Å². The maximum absolute atomic E-state index is 11.1. The molecule has 0 radical (unpaired) electrons. The van der Waals surface area contributed by atoms with Crippen LogP contribution in [-0.2, 0) is 9.84 Å². The van der Waals surface area contributed by atoms with Crippen molar-refractivity contribution in [2.75, 3.05) is 23.5 Å². The zero-order chi connectivity index (χ0) is 10.2. The minimum absolute atomic E-state index is 0.0803. The van der Waals surface area contributed by atoms with Gasteiger partial charge in [-0.25, -0.2) is 8.42 Å². The van der Waals surface area contributed by atoms with Crippen LogP contribution in [0.25, 0.3) is 0 Å². The van der Waals surface area contributed by atoms with E-state index in [-0.39, 0.29) is 22.0 Å². The standard InChI is InChI=1S/C7H11N3O2S/c1-13(11,12)4-2-5(8)7(10)6(9)3-4/h2-3H,8-10H2,1H3. The molecule has 0 aliphatic carbocycles. The smallest absolute Gasteiger partial charge is 0.175 e. The molecule has 0 spiro atoms. The van der Waals surface area contributed by atoms with Crippen molar-refractivity contribution in [1.29, 1.82) is 0 Å². The Morgan fingerprint density at radius 2 is 1.46 bits per heavy atom. The highest BCUT2D eigenvalue weighted by Crippen LogP contribution is 2.26. The highest BCUT2D eigenvalue weighted by Gasteiger charge is 2.10. The van der Waals surface area contributed by atoms with Gasteiger partial charge in [-0.3, -0.25) is 0 Å². The first-order valence-electron chi connectivity index (χ1n) is 3.47. The molecule has 72 valence electrons. The van der Waals surface area contributed by atoms with E-state index in [4.69, 9.17) is 17.2 Å². The van der Waals surface area contributed by atoms with Crippen LogP contribution in [-0.4, -0.2) is 14.7 Å². The molecule has 0 saturated heterocycles. The van der Waals surface area contributed by atoms with E-state index in [1.807, 2.05) is 0 Å². The van der Waals surface area contributed by atoms with Crippen LogP contribution in [0.2, 0.25) is 0 Å². The van der Waals surface area contributed by atoms with Gasteiger partial charge in [0.15, 0.2) is 9.84 Å². The summed E-state index contributed by atoms with van der Waals surface area (Å²) in [6.45, 7) is 0. The Morgan fingerprint density at radius 3 is 1.77 bits per heavy atom. The minimum Gasteiger partial charge on any atom is -0.397 e. The summed E-state index contributed by atoms with van der Waals surface area (Å²) in [5, 5.41) is 0. The molecular weight excluding hydrogens is 190 g/mol. The number of hydrogen-bond donors (Lipinski definition) is 3. The van der Waals surface area contributed by atoms with Gasteiger partial charge in [0.05, 0.1) is 22.0 Å². The van der Waals surface area contributed by atoms with Crippen molar-refractivity contribution in [2.24, 2.45) is 0 Å². The Balaban J connectivity index is 3.47. The van der Waals surface area contributed by atoms with Crippen LogP contribution < -0.4 is 17.2 Å². The van der Waals surface area contributed by atoms with Crippen LogP contribution in [0.1, 0.15) is 0 Å². The molecular formula is C7H11N3O2S. The summed E-state index contributed by atoms with van der Waals surface area (Å²) in [6, 6.07) is 2.59. The van der Waals surface area contributed by atoms with Gasteiger partial charge in [-0.1, -0.05) is 0 Å². The van der Waals surface area contributed by atoms with E-state index in [2.05, 4.69) is 0 Å². The molecule has 5 nitrogen and oxygen atoms in total. The molecule has 1 aromatic carbocycles. The molecule has 0 aliphatic rings. The Labute approximate surface area is 76.4 Å². The molecule has 0 amide bonds. The Kier molecular flexibility index (Phi) is 2.09. The van der Waals surface area contributed by atoms with Gasteiger partial charge in [0, 0.05) is 6.26 Å². The van der Waals surface area contributed by atoms with Crippen molar-refractivity contribution in [3.05, 3.63) is 12.1 Å². The van der Waals surface area contributed by atoms with Crippen molar-refractivity contribution in [3.8, 4) is 0 Å². The van der Waals surface area contributed by atoms with Crippen LogP contribution in [0, 0.1) is 0 Å². The average Bonchev–Trinajstić information content (AvgIpc) is 1.97. The van der Waals surface area contributed by atoms with Gasteiger partial charge in [-0.2, -0.15) is 0 Å². The lowest BCUT2D eigenvalue weighted by Crippen LogP contribution is -2.04. The molecule has 6 N–H and O–H groups in total. The zero-order valence-electron chi connectivity index (χ0n) is 7.11. The third-order valence-corrected chi connectivity index (χ3v) is 2.74. The average molecular weight is 201 g/mol. The van der Waals surface area contributed by atoms with Gasteiger partial charge < -0.3 is 17.2 Å². The first kappa shape index (κ1) is 9.66. The molecule has 0 heterocycles. The van der Waals surface area contributed by atoms with Gasteiger partial charge in [0.2, 0.25) is 0 Å². The van der Waals surface area contributed by atoms with Gasteiger partial charge in [-0.15, -0.1) is 0 Å². The summed E-state index contributed by atoms with van der Waals surface area (Å²) in [4.78, 5) is 0.0803. The van der Waals surface area contributed by atoms with Crippen LogP contribution in [0.4, 0.5) is 17.1 Å². The number of benzene rings is 1. The number of rotatable bonds is 1. The fourth-order valence-corrected chi connectivity index (χ4v) is 1.57. The maximum Gasteiger partial charge on any atom is 0.175 e. The Bertz CT molecular complexity index is 416. The first-order chi connectivity index (χ1) is 5.82. The van der Waals surface area contributed by atoms with Gasteiger partial charge in [0.25, 0.3) is 0 Å². The molecule has 0 fully saturated rings. The summed E-state index contributed by atoms with van der Waals surface area (Å²) < 4.78 is 22.2. The van der Waals surface area contributed by atoms with Crippen LogP contribution in [0.3, 0.4) is 0 Å². The van der Waals surface area contributed by atoms with Gasteiger partial charge >= 0.3 is 0 Å². The van der Waals surface area contributed by atoms with Crippen molar-refractivity contribution < 1.29 is 8.42 Å². The van der Waals surface area contributed by atoms with Crippen molar-refractivity contribution in [2.45, 2.75) is 4.90 Å². The van der Waals surface area contributed by atoms with Crippen molar-refractivity contribution in [3.63, 3.8) is 0 Å². The topological polar surface area (TPSA) is 112 Å². The SMILES string of the molecule is CS(=O)(=O)c1cc(N)c(N)c(N)c1. The van der Waals surface area contributed by atoms with Gasteiger partial charge in [0.1, 0.15) is 0 Å². The highest BCUT2D eigenvalue weighted by atomic mass is 32.2. The van der Waals surface area contributed by atoms with E-state index < -0.39 is 9.84 Å². The maximum atomic E-state index is 11.1. The minimum atomic E-state index is -3.28. The zero-order valence-corrected chi connectivity index (χ0v) is 7.93. The van der Waals surface area contributed by atoms with Crippen LogP contribution in [0.5, 0.6) is 0 Å². The molecule has 6 heteroatoms. The largest absolute Gasteiger partial charge is 0.397 e. The van der Waals surface area contributed by atoms with E-state index in [1.165, 1.54) is 12.1 Å². The lowest BCUT2D eigenvalue weighted by Gasteiger charge is -2.06. The van der Waals surface area contributed by atoms with Crippen LogP contribution in [0.15, 0.2) is 17.0 Å². The predicted octanol–water partition coefficient (Wildman–Crippen LogP) is -0.163. The quantitative estimate of drug-likeness (QED) is 0.546. The summed E-state index contributed by atoms with van der Waals surface area (Å²) in [5.41, 5.74) is 16.9. The Morgan fingerprint density at radius 1 is 1.08 bits per heavy atom. The summed E-state index contributed by atoms with van der Waals surface area (Å²) in [7, 11) is -3.28. The lowest BCUT2D eigenvalue weighted by atomic mass is 10.2. The molecule has 0 saturated carbocycles. The summed E-state index contributed by atoms with van der Waals surface area (Å²) >= 11 is 0. The first-order valence-corrected chi connectivity index (χ1v) is 5.36. The van der Waals surface area contributed by atoms with E-state index in [1.54, 1.807) is 0 Å². The summed E-state index contributed by atoms with van der Waals surface area (Å²) in [6.07, 6.45) is 1.08. The molecule has 0 aliphatic heterocycles. The second-order valence-corrected chi connectivity index (χ2v) is 4.80. The lowest BCUT2D eigenvalue weighted by molar-refractivity contribution is 0.602. The number of nitrogens with two attached hydrogens (primary N) is 3. The second kappa shape index (κ2) is 2.81. The molecule has 1 aromatic rings. The molecule has 1 rings (SSSR count). The summed E-state index contributed by atoms with van der Waals surface area (Å²) in [5.74, 6) is 0. The second-order valence-electron chi connectivity index (χ2n) is 2.79.